The maximum absolute atomic E-state index is 12.0. The molecule has 0 unspecified atom stereocenters. The van der Waals surface area contributed by atoms with Crippen molar-refractivity contribution in [1.82, 2.24) is 0 Å². The Balaban J connectivity index is 1.52. The number of halogens is 1. The minimum atomic E-state index is -0.990. The molecule has 2 aromatic rings. The van der Waals surface area contributed by atoms with E-state index in [4.69, 9.17) is 25.8 Å². The van der Waals surface area contributed by atoms with Crippen molar-refractivity contribution < 1.29 is 28.7 Å². The van der Waals surface area contributed by atoms with Crippen molar-refractivity contribution in [3.05, 3.63) is 57.6 Å². The van der Waals surface area contributed by atoms with E-state index in [-0.39, 0.29) is 23.0 Å². The molecular weight excluding hydrogens is 380 g/mol. The van der Waals surface area contributed by atoms with Crippen LogP contribution < -0.4 is 14.8 Å². The van der Waals surface area contributed by atoms with Gasteiger partial charge in [-0.25, -0.2) is 4.79 Å². The Kier molecular flexibility index (Phi) is 5.41. The van der Waals surface area contributed by atoms with E-state index in [9.17, 15) is 19.7 Å². The monoisotopic (exact) mass is 392 g/mol. The topological polar surface area (TPSA) is 117 Å². The number of hydrogen-bond acceptors (Lipinski definition) is 7. The van der Waals surface area contributed by atoms with Gasteiger partial charge in [-0.05, 0) is 18.2 Å². The van der Waals surface area contributed by atoms with E-state index in [1.165, 1.54) is 12.1 Å². The number of carbonyl (C=O) groups excluding carboxylic acids is 2. The van der Waals surface area contributed by atoms with Gasteiger partial charge >= 0.3 is 5.97 Å². The first-order chi connectivity index (χ1) is 12.9. The van der Waals surface area contributed by atoms with E-state index in [1.807, 2.05) is 0 Å². The van der Waals surface area contributed by atoms with Crippen LogP contribution in [0.3, 0.4) is 0 Å². The standard InChI is InChI=1S/C17H13ClN2O7/c18-11-7-10(20(23)24)5-6-12(11)19-16(21)9-26-17(22)15-8-25-13-3-1-2-4-14(13)27-15/h1-7,15H,8-9H2,(H,19,21)/t15-/m1/s1. The molecule has 0 radical (unpaired) electrons. The van der Waals surface area contributed by atoms with Crippen LogP contribution in [0.2, 0.25) is 5.02 Å². The number of nitro benzene ring substituents is 1. The number of carbonyl (C=O) groups is 2. The second kappa shape index (κ2) is 7.92. The van der Waals surface area contributed by atoms with Crippen molar-refractivity contribution >= 4 is 34.9 Å². The highest BCUT2D eigenvalue weighted by molar-refractivity contribution is 6.34. The lowest BCUT2D eigenvalue weighted by Gasteiger charge is -2.24. The first kappa shape index (κ1) is 18.5. The molecular formula is C17H13ClN2O7. The summed E-state index contributed by atoms with van der Waals surface area (Å²) in [7, 11) is 0. The summed E-state index contributed by atoms with van der Waals surface area (Å²) in [5.74, 6) is -0.481. The van der Waals surface area contributed by atoms with Gasteiger partial charge in [-0.2, -0.15) is 0 Å². The average molecular weight is 393 g/mol. The number of benzene rings is 2. The number of ether oxygens (including phenoxy) is 3. The first-order valence-electron chi connectivity index (χ1n) is 7.73. The lowest BCUT2D eigenvalue weighted by molar-refractivity contribution is -0.384. The molecule has 0 aliphatic carbocycles. The molecule has 2 aromatic carbocycles. The maximum Gasteiger partial charge on any atom is 0.351 e. The fourth-order valence-corrected chi connectivity index (χ4v) is 2.49. The summed E-state index contributed by atoms with van der Waals surface area (Å²) in [6.45, 7) is -0.612. The van der Waals surface area contributed by atoms with Gasteiger partial charge < -0.3 is 19.5 Å². The number of nitrogens with one attached hydrogen (secondary N) is 1. The summed E-state index contributed by atoms with van der Waals surface area (Å²) in [4.78, 5) is 34.0. The fourth-order valence-electron chi connectivity index (χ4n) is 2.27. The summed E-state index contributed by atoms with van der Waals surface area (Å²) in [5.41, 5.74) is -0.0475. The third-order valence-corrected chi connectivity index (χ3v) is 3.87. The zero-order valence-electron chi connectivity index (χ0n) is 13.7. The molecule has 10 heteroatoms. The Morgan fingerprint density at radius 3 is 2.70 bits per heavy atom. The number of nitro groups is 1. The molecule has 3 rings (SSSR count). The van der Waals surface area contributed by atoms with Crippen molar-refractivity contribution in [2.45, 2.75) is 6.10 Å². The smallest absolute Gasteiger partial charge is 0.351 e. The van der Waals surface area contributed by atoms with Crippen LogP contribution in [0.4, 0.5) is 11.4 Å². The number of esters is 1. The quantitative estimate of drug-likeness (QED) is 0.472. The third-order valence-electron chi connectivity index (χ3n) is 3.55. The first-order valence-corrected chi connectivity index (χ1v) is 8.11. The summed E-state index contributed by atoms with van der Waals surface area (Å²) >= 11 is 5.89. The Morgan fingerprint density at radius 2 is 2.00 bits per heavy atom. The van der Waals surface area contributed by atoms with Gasteiger partial charge in [0.05, 0.1) is 15.6 Å². The second-order valence-electron chi connectivity index (χ2n) is 5.44. The van der Waals surface area contributed by atoms with E-state index in [2.05, 4.69) is 5.32 Å². The summed E-state index contributed by atoms with van der Waals surface area (Å²) in [6.07, 6.45) is -0.990. The largest absolute Gasteiger partial charge is 0.485 e. The number of nitrogens with zero attached hydrogens (tertiary/aromatic N) is 1. The fraction of sp³-hybridized carbons (Fsp3) is 0.176. The lowest BCUT2D eigenvalue weighted by atomic mass is 10.2. The van der Waals surface area contributed by atoms with Gasteiger partial charge in [-0.1, -0.05) is 23.7 Å². The Labute approximate surface area is 157 Å². The molecule has 1 N–H and O–H groups in total. The van der Waals surface area contributed by atoms with Gasteiger partial charge in [-0.15, -0.1) is 0 Å². The third kappa shape index (κ3) is 4.45. The SMILES string of the molecule is O=C(COC(=O)[C@H]1COc2ccccc2O1)Nc1ccc([N+](=O)[O-])cc1Cl. The summed E-state index contributed by atoms with van der Waals surface area (Å²) in [5, 5.41) is 13.1. The van der Waals surface area contributed by atoms with E-state index in [1.54, 1.807) is 24.3 Å². The molecule has 1 heterocycles. The number of amides is 1. The summed E-state index contributed by atoms with van der Waals surface area (Å²) in [6, 6.07) is 10.4. The minimum absolute atomic E-state index is 0.00972. The van der Waals surface area contributed by atoms with Crippen LogP contribution in [-0.2, 0) is 14.3 Å². The highest BCUT2D eigenvalue weighted by Gasteiger charge is 2.29. The highest BCUT2D eigenvalue weighted by atomic mass is 35.5. The van der Waals surface area contributed by atoms with E-state index >= 15 is 0 Å². The molecule has 0 saturated carbocycles. The molecule has 1 aliphatic heterocycles. The van der Waals surface area contributed by atoms with Crippen LogP contribution in [0.5, 0.6) is 11.5 Å². The average Bonchev–Trinajstić information content (AvgIpc) is 2.67. The molecule has 0 bridgehead atoms. The predicted octanol–water partition coefficient (Wildman–Crippen LogP) is 2.57. The van der Waals surface area contributed by atoms with Crippen molar-refractivity contribution in [2.24, 2.45) is 0 Å². The van der Waals surface area contributed by atoms with E-state index in [0.717, 1.165) is 6.07 Å². The van der Waals surface area contributed by atoms with Crippen molar-refractivity contribution in [1.29, 1.82) is 0 Å². The van der Waals surface area contributed by atoms with Crippen LogP contribution in [-0.4, -0.2) is 36.1 Å². The number of non-ortho nitro benzene ring substituents is 1. The zero-order valence-corrected chi connectivity index (χ0v) is 14.5. The van der Waals surface area contributed by atoms with Gasteiger partial charge in [-0.3, -0.25) is 14.9 Å². The normalized spacial score (nSPS) is 14.9. The molecule has 140 valence electrons. The Morgan fingerprint density at radius 1 is 1.26 bits per heavy atom. The Bertz CT molecular complexity index is 903. The van der Waals surface area contributed by atoms with Gasteiger partial charge in [0, 0.05) is 12.1 Å². The highest BCUT2D eigenvalue weighted by Crippen LogP contribution is 2.31. The van der Waals surface area contributed by atoms with Crippen LogP contribution in [0.1, 0.15) is 0 Å². The number of para-hydroxylation sites is 2. The molecule has 27 heavy (non-hydrogen) atoms. The molecule has 0 fully saturated rings. The molecule has 1 amide bonds. The summed E-state index contributed by atoms with van der Waals surface area (Å²) < 4.78 is 15.8. The molecule has 1 aliphatic rings. The number of rotatable bonds is 5. The molecule has 0 spiro atoms. The maximum atomic E-state index is 12.0. The van der Waals surface area contributed by atoms with E-state index < -0.39 is 29.5 Å². The van der Waals surface area contributed by atoms with Gasteiger partial charge in [0.15, 0.2) is 18.1 Å². The van der Waals surface area contributed by atoms with Crippen LogP contribution in [0.15, 0.2) is 42.5 Å². The van der Waals surface area contributed by atoms with Crippen LogP contribution in [0.25, 0.3) is 0 Å². The van der Waals surface area contributed by atoms with Gasteiger partial charge in [0.1, 0.15) is 6.61 Å². The van der Waals surface area contributed by atoms with E-state index in [0.29, 0.717) is 11.5 Å². The number of anilines is 1. The van der Waals surface area contributed by atoms with Crippen molar-refractivity contribution in [3.63, 3.8) is 0 Å². The Hall–Kier alpha value is -3.33. The van der Waals surface area contributed by atoms with Crippen molar-refractivity contribution in [3.8, 4) is 11.5 Å². The molecule has 1 atom stereocenters. The minimum Gasteiger partial charge on any atom is -0.485 e. The van der Waals surface area contributed by atoms with Crippen molar-refractivity contribution in [2.75, 3.05) is 18.5 Å². The van der Waals surface area contributed by atoms with Crippen LogP contribution >= 0.6 is 11.6 Å². The molecule has 0 saturated heterocycles. The lowest BCUT2D eigenvalue weighted by Crippen LogP contribution is -2.39. The second-order valence-corrected chi connectivity index (χ2v) is 5.85. The molecule has 0 aromatic heterocycles. The zero-order chi connectivity index (χ0) is 19.4. The predicted molar refractivity (Wildman–Crippen MR) is 94.0 cm³/mol. The van der Waals surface area contributed by atoms with Crippen LogP contribution in [0, 0.1) is 10.1 Å². The van der Waals surface area contributed by atoms with Gasteiger partial charge in [0.2, 0.25) is 6.10 Å². The van der Waals surface area contributed by atoms with Gasteiger partial charge in [0.25, 0.3) is 11.6 Å². The molecule has 9 nitrogen and oxygen atoms in total. The number of fused-ring (bicyclic) bond motifs is 1. The number of hydrogen-bond donors (Lipinski definition) is 1.